The molecule has 3 aliphatic rings. The van der Waals surface area contributed by atoms with Gasteiger partial charge in [-0.2, -0.15) is 0 Å². The van der Waals surface area contributed by atoms with Gasteiger partial charge in [-0.15, -0.1) is 0 Å². The Balaban J connectivity index is 2.19. The third-order valence-corrected chi connectivity index (χ3v) is 13.5. The molecule has 57 heavy (non-hydrogen) atoms. The summed E-state index contributed by atoms with van der Waals surface area (Å²) in [6, 6.07) is -0.741. The van der Waals surface area contributed by atoms with E-state index in [4.69, 9.17) is 28.4 Å². The van der Waals surface area contributed by atoms with Crippen molar-refractivity contribution < 1.29 is 58.7 Å². The smallest absolute Gasteiger partial charge is 0.311 e. The molecule has 3 saturated heterocycles. The summed E-state index contributed by atoms with van der Waals surface area (Å²) in [6.07, 6.45) is -7.60. The number of ether oxygens (including phenoxy) is 6. The summed E-state index contributed by atoms with van der Waals surface area (Å²) in [6.45, 7) is 22.3. The maximum atomic E-state index is 14.4. The van der Waals surface area contributed by atoms with E-state index in [1.54, 1.807) is 41.5 Å². The molecule has 0 aromatic carbocycles. The van der Waals surface area contributed by atoms with E-state index in [1.165, 1.54) is 14.0 Å². The molecule has 3 aliphatic heterocycles. The first kappa shape index (κ1) is 50.3. The molecule has 18 atom stereocenters. The minimum absolute atomic E-state index is 0.0866. The Kier molecular flexibility index (Phi) is 17.4. The van der Waals surface area contributed by atoms with Crippen molar-refractivity contribution in [3.05, 3.63) is 0 Å². The molecule has 0 radical (unpaired) electrons. The number of rotatable bonds is 10. The van der Waals surface area contributed by atoms with Gasteiger partial charge in [0.25, 0.3) is 0 Å². The Bertz CT molecular complexity index is 1270. The van der Waals surface area contributed by atoms with Crippen LogP contribution in [-0.2, 0) is 33.2 Å². The van der Waals surface area contributed by atoms with Gasteiger partial charge in [0.2, 0.25) is 0 Å². The van der Waals surface area contributed by atoms with Gasteiger partial charge < -0.3 is 69.1 Å². The van der Waals surface area contributed by atoms with Crippen LogP contribution in [-0.4, -0.2) is 178 Å². The van der Waals surface area contributed by atoms with Crippen LogP contribution >= 0.6 is 0 Å². The maximum Gasteiger partial charge on any atom is 0.311 e. The zero-order chi connectivity index (χ0) is 43.6. The van der Waals surface area contributed by atoms with E-state index in [2.05, 4.69) is 5.32 Å². The molecule has 0 aromatic heterocycles. The monoisotopic (exact) mass is 820 g/mol. The molecular formula is C42H81N3O12. The number of nitrogens with one attached hydrogen (secondary N) is 1. The minimum Gasteiger partial charge on any atom is -0.459 e. The van der Waals surface area contributed by atoms with Crippen molar-refractivity contribution in [2.75, 3.05) is 41.3 Å². The molecule has 0 aliphatic carbocycles. The highest BCUT2D eigenvalue weighted by molar-refractivity contribution is 5.73. The molecule has 0 saturated carbocycles. The number of hydrogen-bond donors (Lipinski definition) is 6. The largest absolute Gasteiger partial charge is 0.459 e. The molecule has 0 spiro atoms. The first-order valence-electron chi connectivity index (χ1n) is 21.2. The normalized spacial score (nSPS) is 47.7. The molecular weight excluding hydrogens is 738 g/mol. The summed E-state index contributed by atoms with van der Waals surface area (Å²) in [7, 11) is 7.15. The molecule has 3 rings (SSSR count). The van der Waals surface area contributed by atoms with Crippen LogP contribution in [0.25, 0.3) is 0 Å². The van der Waals surface area contributed by atoms with E-state index in [-0.39, 0.29) is 49.9 Å². The lowest BCUT2D eigenvalue weighted by Gasteiger charge is -2.54. The van der Waals surface area contributed by atoms with Crippen molar-refractivity contribution >= 4 is 5.97 Å². The van der Waals surface area contributed by atoms with Crippen LogP contribution in [0.1, 0.15) is 109 Å². The average molecular weight is 820 g/mol. The number of nitrogens with zero attached hydrogens (tertiary/aromatic N) is 2. The maximum absolute atomic E-state index is 14.4. The van der Waals surface area contributed by atoms with Gasteiger partial charge in [0, 0.05) is 50.7 Å². The van der Waals surface area contributed by atoms with Crippen LogP contribution in [0.5, 0.6) is 0 Å². The summed E-state index contributed by atoms with van der Waals surface area (Å²) < 4.78 is 38.4. The molecule has 0 amide bonds. The molecule has 0 unspecified atom stereocenters. The topological polar surface area (TPSA) is 192 Å². The summed E-state index contributed by atoms with van der Waals surface area (Å²) in [5.41, 5.74) is -5.99. The Hall–Kier alpha value is -1.05. The van der Waals surface area contributed by atoms with E-state index in [9.17, 15) is 30.3 Å². The second kappa shape index (κ2) is 19.8. The van der Waals surface area contributed by atoms with Gasteiger partial charge in [0.1, 0.15) is 35.1 Å². The number of carbonyl (C=O) groups excluding carboxylic acids is 1. The highest BCUT2D eigenvalue weighted by Crippen LogP contribution is 2.43. The minimum atomic E-state index is -1.81. The fourth-order valence-corrected chi connectivity index (χ4v) is 9.49. The van der Waals surface area contributed by atoms with Crippen molar-refractivity contribution in [3.8, 4) is 0 Å². The standard InChI is InChI=1S/C42H81N3O12/c1-17-31-41(12,50)35(47)28(8)45(15)21-24(4)19-39(10,49)36(57-38-33(46)30(44(13)14)18-25(5)53-38)26(6)34(27(7)37(48)55-31)56-32-20-40(11,52-16)42(51,29(9)54-32)22-43-23(2)3/h23-36,38,43,46-47,49-51H,17-22H2,1-16H3/t24-,25-,26+,27-,28-,29+,30+,31+,32+,33-,34-,35-,36-,38+,39-,40-,41-,42+/m1/s1. The van der Waals surface area contributed by atoms with Gasteiger partial charge in [-0.1, -0.05) is 34.6 Å². The van der Waals surface area contributed by atoms with Gasteiger partial charge in [0.05, 0.1) is 35.9 Å². The molecule has 336 valence electrons. The molecule has 15 heteroatoms. The van der Waals surface area contributed by atoms with Gasteiger partial charge in [-0.25, -0.2) is 0 Å². The number of aliphatic hydroxyl groups excluding tert-OH is 2. The second-order valence-electron chi connectivity index (χ2n) is 19.0. The number of likely N-dealkylation sites (N-methyl/N-ethyl adjacent to an activating group) is 2. The summed E-state index contributed by atoms with van der Waals surface area (Å²) in [5, 5.41) is 63.0. The molecule has 15 nitrogen and oxygen atoms in total. The Morgan fingerprint density at radius 1 is 0.982 bits per heavy atom. The van der Waals surface area contributed by atoms with Crippen LogP contribution < -0.4 is 5.32 Å². The predicted molar refractivity (Wildman–Crippen MR) is 216 cm³/mol. The lowest BCUT2D eigenvalue weighted by molar-refractivity contribution is -0.336. The zero-order valence-corrected chi connectivity index (χ0v) is 37.9. The van der Waals surface area contributed by atoms with Crippen molar-refractivity contribution in [2.45, 2.75) is 205 Å². The van der Waals surface area contributed by atoms with E-state index in [1.807, 2.05) is 65.6 Å². The number of hydrogen-bond acceptors (Lipinski definition) is 15. The fraction of sp³-hybridized carbons (Fsp3) is 0.976. The quantitative estimate of drug-likeness (QED) is 0.176. The van der Waals surface area contributed by atoms with Crippen molar-refractivity contribution in [3.63, 3.8) is 0 Å². The molecule has 0 bridgehead atoms. The second-order valence-corrected chi connectivity index (χ2v) is 19.0. The van der Waals surface area contributed by atoms with Gasteiger partial charge in [-0.3, -0.25) is 4.79 Å². The highest BCUT2D eigenvalue weighted by Gasteiger charge is 2.58. The van der Waals surface area contributed by atoms with Crippen molar-refractivity contribution in [1.82, 2.24) is 15.1 Å². The van der Waals surface area contributed by atoms with E-state index >= 15 is 0 Å². The molecule has 6 N–H and O–H groups in total. The molecule has 3 heterocycles. The van der Waals surface area contributed by atoms with E-state index in [0.29, 0.717) is 13.0 Å². The first-order chi connectivity index (χ1) is 26.2. The van der Waals surface area contributed by atoms with E-state index in [0.717, 1.165) is 0 Å². The fourth-order valence-electron chi connectivity index (χ4n) is 9.49. The zero-order valence-electron chi connectivity index (χ0n) is 37.9. The van der Waals surface area contributed by atoms with Crippen molar-refractivity contribution in [1.29, 1.82) is 0 Å². The average Bonchev–Trinajstić information content (AvgIpc) is 3.11. The SMILES string of the molecule is CC[C@@H]1OC(=O)[C@H](C)[C@H](O[C@H]2C[C@@](C)(OC)[C@](O)(CNC(C)C)[C@H](C)O2)[C@H](C)[C@@H](O[C@@H]2O[C@H](C)C[C@H](N(C)C)[C@H]2O)[C@](C)(O)C[C@@H](C)CN(C)[C@H](C)[C@@H](O)[C@]1(C)O. The third kappa shape index (κ3) is 11.3. The highest BCUT2D eigenvalue weighted by atomic mass is 16.7. The van der Waals surface area contributed by atoms with Gasteiger partial charge >= 0.3 is 5.97 Å². The third-order valence-electron chi connectivity index (χ3n) is 13.5. The number of esters is 1. The van der Waals surface area contributed by atoms with E-state index < -0.39 is 95.5 Å². The summed E-state index contributed by atoms with van der Waals surface area (Å²) >= 11 is 0. The Labute approximate surface area is 343 Å². The Morgan fingerprint density at radius 3 is 2.14 bits per heavy atom. The van der Waals surface area contributed by atoms with Gasteiger partial charge in [0.15, 0.2) is 12.6 Å². The number of cyclic esters (lactones) is 1. The van der Waals surface area contributed by atoms with Crippen molar-refractivity contribution in [2.24, 2.45) is 17.8 Å². The number of aliphatic hydroxyl groups is 5. The van der Waals surface area contributed by atoms with Crippen LogP contribution in [0.15, 0.2) is 0 Å². The summed E-state index contributed by atoms with van der Waals surface area (Å²) in [4.78, 5) is 18.2. The first-order valence-corrected chi connectivity index (χ1v) is 21.2. The lowest BCUT2D eigenvalue weighted by atomic mass is 9.75. The van der Waals surface area contributed by atoms with Crippen LogP contribution in [0.2, 0.25) is 0 Å². The molecule has 3 fully saturated rings. The summed E-state index contributed by atoms with van der Waals surface area (Å²) in [5.74, 6) is -2.66. The predicted octanol–water partition coefficient (Wildman–Crippen LogP) is 2.27. The lowest BCUT2D eigenvalue weighted by Crippen LogP contribution is -2.70. The van der Waals surface area contributed by atoms with Gasteiger partial charge in [-0.05, 0) is 94.8 Å². The van der Waals surface area contributed by atoms with Crippen LogP contribution in [0, 0.1) is 17.8 Å². The number of methoxy groups -OCH3 is 1. The molecule has 0 aromatic rings. The van der Waals surface area contributed by atoms with Crippen LogP contribution in [0.3, 0.4) is 0 Å². The Morgan fingerprint density at radius 2 is 1.60 bits per heavy atom. The number of carbonyl (C=O) groups is 1. The van der Waals surface area contributed by atoms with Crippen LogP contribution in [0.4, 0.5) is 0 Å².